The van der Waals surface area contributed by atoms with Crippen molar-refractivity contribution in [2.45, 2.75) is 13.3 Å². The van der Waals surface area contributed by atoms with Gasteiger partial charge in [0.25, 0.3) is 11.8 Å². The Morgan fingerprint density at radius 3 is 2.41 bits per heavy atom. The summed E-state index contributed by atoms with van der Waals surface area (Å²) < 4.78 is 17.8. The first-order chi connectivity index (χ1) is 13.0. The van der Waals surface area contributed by atoms with E-state index in [2.05, 4.69) is 15.8 Å². The van der Waals surface area contributed by atoms with Crippen LogP contribution in [0.15, 0.2) is 59.1 Å². The highest BCUT2D eigenvalue weighted by Gasteiger charge is 2.12. The van der Waals surface area contributed by atoms with Gasteiger partial charge in [0.05, 0.1) is 0 Å². The van der Waals surface area contributed by atoms with Crippen molar-refractivity contribution in [3.8, 4) is 0 Å². The van der Waals surface area contributed by atoms with E-state index in [9.17, 15) is 14.0 Å². The summed E-state index contributed by atoms with van der Waals surface area (Å²) >= 11 is 0. The second-order valence-corrected chi connectivity index (χ2v) is 5.99. The van der Waals surface area contributed by atoms with Gasteiger partial charge in [-0.2, -0.15) is 0 Å². The van der Waals surface area contributed by atoms with E-state index >= 15 is 0 Å². The molecule has 0 atom stereocenters. The van der Waals surface area contributed by atoms with Crippen LogP contribution in [0.5, 0.6) is 0 Å². The average Bonchev–Trinajstić information content (AvgIpc) is 3.08. The van der Waals surface area contributed by atoms with Crippen molar-refractivity contribution in [3.63, 3.8) is 0 Å². The zero-order chi connectivity index (χ0) is 19.2. The zero-order valence-electron chi connectivity index (χ0n) is 14.7. The Kier molecular flexibility index (Phi) is 5.61. The van der Waals surface area contributed by atoms with Crippen LogP contribution in [0.25, 0.3) is 0 Å². The van der Waals surface area contributed by atoms with Crippen molar-refractivity contribution < 1.29 is 18.5 Å². The van der Waals surface area contributed by atoms with Crippen LogP contribution in [0.2, 0.25) is 0 Å². The van der Waals surface area contributed by atoms with Gasteiger partial charge in [-0.15, -0.1) is 0 Å². The van der Waals surface area contributed by atoms with Gasteiger partial charge < -0.3 is 15.2 Å². The minimum atomic E-state index is -0.385. The predicted octanol–water partition coefficient (Wildman–Crippen LogP) is 3.35. The number of anilines is 1. The molecule has 27 heavy (non-hydrogen) atoms. The van der Waals surface area contributed by atoms with Crippen LogP contribution < -0.4 is 10.6 Å². The topological polar surface area (TPSA) is 84.2 Å². The normalized spacial score (nSPS) is 10.4. The molecular weight excluding hydrogens is 349 g/mol. The lowest BCUT2D eigenvalue weighted by molar-refractivity contribution is 0.0954. The molecule has 0 aliphatic heterocycles. The maximum absolute atomic E-state index is 12.9. The molecule has 0 saturated heterocycles. The zero-order valence-corrected chi connectivity index (χ0v) is 14.7. The van der Waals surface area contributed by atoms with Crippen LogP contribution in [0.3, 0.4) is 0 Å². The van der Waals surface area contributed by atoms with Crippen molar-refractivity contribution in [3.05, 3.63) is 82.9 Å². The quantitative estimate of drug-likeness (QED) is 0.700. The fraction of sp³-hybridized carbons (Fsp3) is 0.150. The number of amides is 2. The third-order valence-electron chi connectivity index (χ3n) is 3.87. The summed E-state index contributed by atoms with van der Waals surface area (Å²) in [6.45, 7) is 2.12. The van der Waals surface area contributed by atoms with Crippen molar-refractivity contribution in [2.75, 3.05) is 11.9 Å². The van der Waals surface area contributed by atoms with Gasteiger partial charge in [-0.25, -0.2) is 4.39 Å². The van der Waals surface area contributed by atoms with E-state index in [1.807, 2.05) is 0 Å². The number of hydrogen-bond donors (Lipinski definition) is 2. The lowest BCUT2D eigenvalue weighted by Gasteiger charge is -2.07. The Hall–Kier alpha value is -3.48. The lowest BCUT2D eigenvalue weighted by Crippen LogP contribution is -2.26. The fourth-order valence-corrected chi connectivity index (χ4v) is 2.49. The molecule has 1 aromatic heterocycles. The van der Waals surface area contributed by atoms with Crippen LogP contribution in [0.4, 0.5) is 10.2 Å². The standard InChI is InChI=1S/C20H18FN3O3/c1-13-11-18(24-27-13)23-20(26)16-4-2-3-15(12-16)19(25)22-10-9-14-5-7-17(21)8-6-14/h2-8,11-12H,9-10H2,1H3,(H,22,25)(H,23,24,26). The third kappa shape index (κ3) is 5.01. The number of nitrogens with one attached hydrogen (secondary N) is 2. The van der Waals surface area contributed by atoms with E-state index in [1.54, 1.807) is 43.3 Å². The Morgan fingerprint density at radius 1 is 1.04 bits per heavy atom. The molecular formula is C20H18FN3O3. The molecule has 0 spiro atoms. The van der Waals surface area contributed by atoms with Gasteiger partial charge in [0.2, 0.25) is 0 Å². The van der Waals surface area contributed by atoms with Crippen molar-refractivity contribution in [1.82, 2.24) is 10.5 Å². The number of carbonyl (C=O) groups is 2. The number of rotatable bonds is 6. The molecule has 0 fully saturated rings. The van der Waals surface area contributed by atoms with Crippen molar-refractivity contribution in [1.29, 1.82) is 0 Å². The number of aromatic nitrogens is 1. The fourth-order valence-electron chi connectivity index (χ4n) is 2.49. The largest absolute Gasteiger partial charge is 0.360 e. The maximum atomic E-state index is 12.9. The minimum Gasteiger partial charge on any atom is -0.360 e. The maximum Gasteiger partial charge on any atom is 0.256 e. The molecule has 3 aromatic rings. The molecule has 3 rings (SSSR count). The van der Waals surface area contributed by atoms with E-state index in [4.69, 9.17) is 4.52 Å². The van der Waals surface area contributed by atoms with Crippen molar-refractivity contribution >= 4 is 17.6 Å². The van der Waals surface area contributed by atoms with E-state index < -0.39 is 0 Å². The molecule has 0 aliphatic carbocycles. The third-order valence-corrected chi connectivity index (χ3v) is 3.87. The summed E-state index contributed by atoms with van der Waals surface area (Å²) in [7, 11) is 0. The lowest BCUT2D eigenvalue weighted by atomic mass is 10.1. The molecule has 0 aliphatic rings. The molecule has 0 bridgehead atoms. The van der Waals surface area contributed by atoms with Crippen LogP contribution in [0.1, 0.15) is 32.0 Å². The number of benzene rings is 2. The second kappa shape index (κ2) is 8.27. The van der Waals surface area contributed by atoms with Crippen LogP contribution in [-0.4, -0.2) is 23.5 Å². The Morgan fingerprint density at radius 2 is 1.74 bits per heavy atom. The van der Waals surface area contributed by atoms with Gasteiger partial charge in [-0.05, 0) is 49.2 Å². The summed E-state index contributed by atoms with van der Waals surface area (Å²) in [5.41, 5.74) is 1.63. The van der Waals surface area contributed by atoms with Gasteiger partial charge in [0.15, 0.2) is 5.82 Å². The summed E-state index contributed by atoms with van der Waals surface area (Å²) in [6, 6.07) is 14.1. The molecule has 0 saturated carbocycles. The van der Waals surface area contributed by atoms with Gasteiger partial charge in [-0.3, -0.25) is 9.59 Å². The monoisotopic (exact) mass is 367 g/mol. The van der Waals surface area contributed by atoms with E-state index in [0.717, 1.165) is 5.56 Å². The summed E-state index contributed by atoms with van der Waals surface area (Å²) in [4.78, 5) is 24.6. The highest BCUT2D eigenvalue weighted by molar-refractivity contribution is 6.05. The van der Waals surface area contributed by atoms with Gasteiger partial charge in [0, 0.05) is 23.7 Å². The first-order valence-corrected chi connectivity index (χ1v) is 8.38. The molecule has 2 amide bonds. The molecule has 1 heterocycles. The summed E-state index contributed by atoms with van der Waals surface area (Å²) in [5, 5.41) is 9.10. The number of halogens is 1. The van der Waals surface area contributed by atoms with Crippen LogP contribution >= 0.6 is 0 Å². The van der Waals surface area contributed by atoms with Gasteiger partial charge in [-0.1, -0.05) is 23.4 Å². The van der Waals surface area contributed by atoms with E-state index in [-0.39, 0.29) is 17.6 Å². The van der Waals surface area contributed by atoms with Gasteiger partial charge in [0.1, 0.15) is 11.6 Å². The first kappa shape index (κ1) is 18.3. The summed E-state index contributed by atoms with van der Waals surface area (Å²) in [5.74, 6) is -0.0711. The highest BCUT2D eigenvalue weighted by atomic mass is 19.1. The van der Waals surface area contributed by atoms with E-state index in [1.165, 1.54) is 18.2 Å². The molecule has 7 heteroatoms. The SMILES string of the molecule is Cc1cc(NC(=O)c2cccc(C(=O)NCCc3ccc(F)cc3)c2)no1. The molecule has 2 N–H and O–H groups in total. The number of carbonyl (C=O) groups excluding carboxylic acids is 2. The van der Waals surface area contributed by atoms with Gasteiger partial charge >= 0.3 is 0 Å². The Balaban J connectivity index is 1.57. The molecule has 2 aromatic carbocycles. The molecule has 138 valence electrons. The van der Waals surface area contributed by atoms with Crippen molar-refractivity contribution in [2.24, 2.45) is 0 Å². The molecule has 6 nitrogen and oxygen atoms in total. The number of nitrogens with zero attached hydrogens (tertiary/aromatic N) is 1. The molecule has 0 unspecified atom stereocenters. The predicted molar refractivity (Wildman–Crippen MR) is 98.1 cm³/mol. The van der Waals surface area contributed by atoms with E-state index in [0.29, 0.717) is 35.7 Å². The average molecular weight is 367 g/mol. The Bertz CT molecular complexity index is 951. The van der Waals surface area contributed by atoms with Crippen LogP contribution in [0, 0.1) is 12.7 Å². The summed E-state index contributed by atoms with van der Waals surface area (Å²) in [6.07, 6.45) is 0.581. The highest BCUT2D eigenvalue weighted by Crippen LogP contribution is 2.11. The minimum absolute atomic E-state index is 0.288. The van der Waals surface area contributed by atoms with Crippen LogP contribution in [-0.2, 0) is 6.42 Å². The second-order valence-electron chi connectivity index (χ2n) is 5.99. The molecule has 0 radical (unpaired) electrons. The smallest absolute Gasteiger partial charge is 0.256 e. The number of aryl methyl sites for hydroxylation is 1. The number of hydrogen-bond acceptors (Lipinski definition) is 4. The first-order valence-electron chi connectivity index (χ1n) is 8.38. The Labute approximate surface area is 155 Å².